The molecule has 1 unspecified atom stereocenters. The number of aryl methyl sites for hydroxylation is 1. The Kier molecular flexibility index (Phi) is 6.70. The van der Waals surface area contributed by atoms with E-state index in [9.17, 15) is 14.4 Å². The summed E-state index contributed by atoms with van der Waals surface area (Å²) in [6, 6.07) is 6.48. The second-order valence-electron chi connectivity index (χ2n) is 5.34. The number of nitrogens with zero attached hydrogens (tertiary/aromatic N) is 1. The van der Waals surface area contributed by atoms with Crippen molar-refractivity contribution in [3.63, 3.8) is 0 Å². The Bertz CT molecular complexity index is 837. The number of hydrogen-bond acceptors (Lipinski definition) is 6. The number of ether oxygens (including phenoxy) is 1. The van der Waals surface area contributed by atoms with Gasteiger partial charge in [-0.3, -0.25) is 10.1 Å². The molecular formula is C17H18ClN3O4S. The van der Waals surface area contributed by atoms with Crippen LogP contribution in [0.25, 0.3) is 10.6 Å². The molecule has 7 nitrogen and oxygen atoms in total. The van der Waals surface area contributed by atoms with E-state index in [-0.39, 0.29) is 4.88 Å². The molecule has 0 fully saturated rings. The van der Waals surface area contributed by atoms with E-state index in [4.69, 9.17) is 16.3 Å². The van der Waals surface area contributed by atoms with Crippen LogP contribution < -0.4 is 10.6 Å². The number of hydrogen-bond donors (Lipinski definition) is 2. The zero-order chi connectivity index (χ0) is 19.3. The summed E-state index contributed by atoms with van der Waals surface area (Å²) in [4.78, 5) is 40.2. The molecule has 3 amide bonds. The Balaban J connectivity index is 2.08. The fourth-order valence-electron chi connectivity index (χ4n) is 2.02. The highest BCUT2D eigenvalue weighted by Gasteiger charge is 2.24. The van der Waals surface area contributed by atoms with E-state index in [0.29, 0.717) is 22.3 Å². The molecule has 138 valence electrons. The van der Waals surface area contributed by atoms with Gasteiger partial charge in [-0.1, -0.05) is 23.7 Å². The smallest absolute Gasteiger partial charge is 0.351 e. The number of esters is 1. The monoisotopic (exact) mass is 395 g/mol. The van der Waals surface area contributed by atoms with E-state index in [0.717, 1.165) is 16.9 Å². The Morgan fingerprint density at radius 3 is 2.73 bits per heavy atom. The maximum Gasteiger partial charge on any atom is 0.351 e. The first kappa shape index (κ1) is 19.9. The summed E-state index contributed by atoms with van der Waals surface area (Å²) < 4.78 is 5.14. The first-order valence-electron chi connectivity index (χ1n) is 7.84. The summed E-state index contributed by atoms with van der Waals surface area (Å²) >= 11 is 7.13. The second kappa shape index (κ2) is 8.77. The van der Waals surface area contributed by atoms with E-state index in [2.05, 4.69) is 15.6 Å². The number of thiazole rings is 1. The molecule has 2 N–H and O–H groups in total. The van der Waals surface area contributed by atoms with Crippen LogP contribution in [-0.2, 0) is 9.53 Å². The number of halogens is 1. The lowest BCUT2D eigenvalue weighted by molar-refractivity contribution is -0.127. The molecule has 26 heavy (non-hydrogen) atoms. The van der Waals surface area contributed by atoms with Gasteiger partial charge in [-0.05, 0) is 32.9 Å². The molecule has 0 saturated carbocycles. The van der Waals surface area contributed by atoms with Gasteiger partial charge in [0, 0.05) is 17.1 Å². The van der Waals surface area contributed by atoms with Gasteiger partial charge in [-0.2, -0.15) is 0 Å². The highest BCUT2D eigenvalue weighted by atomic mass is 35.5. The van der Waals surface area contributed by atoms with Gasteiger partial charge in [0.05, 0.1) is 5.69 Å². The van der Waals surface area contributed by atoms with Gasteiger partial charge in [0.15, 0.2) is 6.10 Å². The predicted octanol–water partition coefficient (Wildman–Crippen LogP) is 3.16. The minimum absolute atomic E-state index is 0.289. The Labute approximate surface area is 159 Å². The van der Waals surface area contributed by atoms with Gasteiger partial charge in [-0.25, -0.2) is 14.6 Å². The molecule has 1 aromatic heterocycles. The number of imide groups is 1. The number of benzene rings is 1. The minimum Gasteiger partial charge on any atom is -0.448 e. The second-order valence-corrected chi connectivity index (χ2v) is 6.78. The van der Waals surface area contributed by atoms with E-state index in [1.807, 2.05) is 6.07 Å². The number of carbonyl (C=O) groups is 3. The summed E-state index contributed by atoms with van der Waals surface area (Å²) in [6.07, 6.45) is -1.12. The highest BCUT2D eigenvalue weighted by Crippen LogP contribution is 2.30. The highest BCUT2D eigenvalue weighted by molar-refractivity contribution is 7.17. The van der Waals surface area contributed by atoms with Crippen molar-refractivity contribution >= 4 is 40.8 Å². The molecule has 0 spiro atoms. The average Bonchev–Trinajstić information content (AvgIpc) is 2.97. The summed E-state index contributed by atoms with van der Waals surface area (Å²) in [7, 11) is 0. The normalized spacial score (nSPS) is 11.5. The molecule has 9 heteroatoms. The van der Waals surface area contributed by atoms with Gasteiger partial charge in [-0.15, -0.1) is 11.3 Å². The predicted molar refractivity (Wildman–Crippen MR) is 99.4 cm³/mol. The van der Waals surface area contributed by atoms with Crippen molar-refractivity contribution in [1.82, 2.24) is 15.6 Å². The van der Waals surface area contributed by atoms with Crippen molar-refractivity contribution in [2.75, 3.05) is 6.54 Å². The van der Waals surface area contributed by atoms with Gasteiger partial charge >= 0.3 is 12.0 Å². The fourth-order valence-corrected chi connectivity index (χ4v) is 3.15. The zero-order valence-corrected chi connectivity index (χ0v) is 16.0. The Morgan fingerprint density at radius 1 is 1.35 bits per heavy atom. The largest absolute Gasteiger partial charge is 0.448 e. The van der Waals surface area contributed by atoms with Crippen molar-refractivity contribution < 1.29 is 19.1 Å². The number of rotatable bonds is 5. The molecule has 1 aromatic carbocycles. The van der Waals surface area contributed by atoms with Gasteiger partial charge < -0.3 is 10.1 Å². The van der Waals surface area contributed by atoms with Crippen LogP contribution in [0.2, 0.25) is 5.02 Å². The SMILES string of the molecule is CCNC(=O)NC(=O)C(C)OC(=O)c1sc(-c2cccc(Cl)c2)nc1C. The number of aromatic nitrogens is 1. The molecule has 0 aliphatic rings. The lowest BCUT2D eigenvalue weighted by atomic mass is 10.2. The van der Waals surface area contributed by atoms with Crippen molar-refractivity contribution in [3.05, 3.63) is 39.9 Å². The molecule has 0 aliphatic heterocycles. The molecule has 2 aromatic rings. The third-order valence-electron chi connectivity index (χ3n) is 3.28. The van der Waals surface area contributed by atoms with Crippen molar-refractivity contribution in [1.29, 1.82) is 0 Å². The van der Waals surface area contributed by atoms with E-state index in [1.165, 1.54) is 6.92 Å². The number of carbonyl (C=O) groups excluding carboxylic acids is 3. The van der Waals surface area contributed by atoms with Gasteiger partial charge in [0.25, 0.3) is 5.91 Å². The number of nitrogens with one attached hydrogen (secondary N) is 2. The maximum atomic E-state index is 12.3. The van der Waals surface area contributed by atoms with Crippen LogP contribution in [0.5, 0.6) is 0 Å². The minimum atomic E-state index is -1.12. The average molecular weight is 396 g/mol. The van der Waals surface area contributed by atoms with Crippen LogP contribution in [0.4, 0.5) is 4.79 Å². The van der Waals surface area contributed by atoms with Crippen molar-refractivity contribution in [2.45, 2.75) is 26.9 Å². The lowest BCUT2D eigenvalue weighted by Crippen LogP contribution is -2.44. The molecule has 0 bridgehead atoms. The van der Waals surface area contributed by atoms with E-state index < -0.39 is 24.0 Å². The standard InChI is InChI=1S/C17H18ClN3O4S/c1-4-19-17(24)21-14(22)10(3)25-16(23)13-9(2)20-15(26-13)11-6-5-7-12(18)8-11/h5-8,10H,4H2,1-3H3,(H2,19,21,22,24). The summed E-state index contributed by atoms with van der Waals surface area (Å²) in [5.74, 6) is -1.38. The third-order valence-corrected chi connectivity index (χ3v) is 4.70. The first-order chi connectivity index (χ1) is 12.3. The quantitative estimate of drug-likeness (QED) is 0.758. The molecule has 1 heterocycles. The first-order valence-corrected chi connectivity index (χ1v) is 9.04. The molecule has 0 saturated heterocycles. The van der Waals surface area contributed by atoms with Crippen LogP contribution in [-0.4, -0.2) is 35.5 Å². The molecule has 1 atom stereocenters. The number of amides is 3. The van der Waals surface area contributed by atoms with E-state index in [1.54, 1.807) is 32.0 Å². The van der Waals surface area contributed by atoms with Crippen LogP contribution in [0, 0.1) is 6.92 Å². The van der Waals surface area contributed by atoms with Crippen molar-refractivity contribution in [2.24, 2.45) is 0 Å². The van der Waals surface area contributed by atoms with Crippen LogP contribution in [0.1, 0.15) is 29.2 Å². The maximum absolute atomic E-state index is 12.3. The molecular weight excluding hydrogens is 378 g/mol. The number of urea groups is 1. The summed E-state index contributed by atoms with van der Waals surface area (Å²) in [5, 5.41) is 5.70. The van der Waals surface area contributed by atoms with Gasteiger partial charge in [0.2, 0.25) is 0 Å². The fraction of sp³-hybridized carbons (Fsp3) is 0.294. The summed E-state index contributed by atoms with van der Waals surface area (Å²) in [5.41, 5.74) is 1.28. The van der Waals surface area contributed by atoms with Crippen LogP contribution >= 0.6 is 22.9 Å². The van der Waals surface area contributed by atoms with E-state index >= 15 is 0 Å². The Hall–Kier alpha value is -2.45. The molecule has 0 radical (unpaired) electrons. The molecule has 2 rings (SSSR count). The van der Waals surface area contributed by atoms with Crippen molar-refractivity contribution in [3.8, 4) is 10.6 Å². The third kappa shape index (κ3) is 5.03. The van der Waals surface area contributed by atoms with Crippen LogP contribution in [0.15, 0.2) is 24.3 Å². The summed E-state index contributed by atoms with van der Waals surface area (Å²) in [6.45, 7) is 5.17. The zero-order valence-electron chi connectivity index (χ0n) is 14.5. The Morgan fingerprint density at radius 2 is 2.08 bits per heavy atom. The molecule has 0 aliphatic carbocycles. The van der Waals surface area contributed by atoms with Gasteiger partial charge in [0.1, 0.15) is 9.88 Å². The lowest BCUT2D eigenvalue weighted by Gasteiger charge is -2.12. The van der Waals surface area contributed by atoms with Crippen LogP contribution in [0.3, 0.4) is 0 Å². The topological polar surface area (TPSA) is 97.4 Å².